The van der Waals surface area contributed by atoms with Gasteiger partial charge in [0, 0.05) is 19.2 Å². The van der Waals surface area contributed by atoms with Gasteiger partial charge in [0.15, 0.2) is 0 Å². The van der Waals surface area contributed by atoms with E-state index in [-0.39, 0.29) is 29.9 Å². The van der Waals surface area contributed by atoms with Gasteiger partial charge in [0.25, 0.3) is 5.91 Å². The van der Waals surface area contributed by atoms with Crippen molar-refractivity contribution in [2.24, 2.45) is 5.92 Å². The average molecular weight is 320 g/mol. The van der Waals surface area contributed by atoms with Crippen molar-refractivity contribution < 1.29 is 14.3 Å². The number of ether oxygens (including phenoxy) is 1. The van der Waals surface area contributed by atoms with E-state index in [4.69, 9.17) is 4.74 Å². The van der Waals surface area contributed by atoms with E-state index in [9.17, 15) is 9.59 Å². The Morgan fingerprint density at radius 1 is 1.32 bits per heavy atom. The number of piperidine rings is 1. The largest absolute Gasteiger partial charge is 0.376 e. The summed E-state index contributed by atoms with van der Waals surface area (Å²) in [4.78, 5) is 27.8. The minimum absolute atomic E-state index is 0.00705. The van der Waals surface area contributed by atoms with Crippen molar-refractivity contribution >= 4 is 23.2 Å². The molecule has 2 amide bonds. The van der Waals surface area contributed by atoms with Crippen LogP contribution in [0.1, 0.15) is 35.4 Å². The van der Waals surface area contributed by atoms with Crippen molar-refractivity contribution in [3.63, 3.8) is 0 Å². The molecule has 0 unspecified atom stereocenters. The molecule has 1 N–H and O–H groups in total. The summed E-state index contributed by atoms with van der Waals surface area (Å²) >= 11 is 1.46. The van der Waals surface area contributed by atoms with Gasteiger partial charge in [0.1, 0.15) is 0 Å². The lowest BCUT2D eigenvalue weighted by Gasteiger charge is -2.40. The zero-order chi connectivity index (χ0) is 15.1. The molecule has 3 aliphatic rings. The lowest BCUT2D eigenvalue weighted by atomic mass is 9.89. The van der Waals surface area contributed by atoms with Gasteiger partial charge in [-0.3, -0.25) is 9.59 Å². The molecule has 3 atom stereocenters. The Bertz CT molecular complexity index is 570. The molecule has 3 heterocycles. The van der Waals surface area contributed by atoms with E-state index in [1.54, 1.807) is 0 Å². The molecule has 2 aliphatic heterocycles. The molecular formula is C16H20N2O3S. The summed E-state index contributed by atoms with van der Waals surface area (Å²) < 4.78 is 5.79. The first kappa shape index (κ1) is 14.2. The maximum Gasteiger partial charge on any atom is 0.264 e. The molecular weight excluding hydrogens is 300 g/mol. The molecule has 1 aromatic rings. The van der Waals surface area contributed by atoms with Crippen molar-refractivity contribution in [2.45, 2.75) is 43.9 Å². The number of nitrogens with zero attached hydrogens (tertiary/aromatic N) is 1. The zero-order valence-corrected chi connectivity index (χ0v) is 13.2. The van der Waals surface area contributed by atoms with Gasteiger partial charge in [0.2, 0.25) is 5.91 Å². The average Bonchev–Trinajstić information content (AvgIpc) is 3.03. The highest BCUT2D eigenvalue weighted by Crippen LogP contribution is 2.33. The van der Waals surface area contributed by atoms with Gasteiger partial charge in [-0.1, -0.05) is 6.07 Å². The van der Waals surface area contributed by atoms with E-state index in [0.29, 0.717) is 19.2 Å². The van der Waals surface area contributed by atoms with Gasteiger partial charge in [-0.25, -0.2) is 0 Å². The number of hydrogen-bond acceptors (Lipinski definition) is 4. The fourth-order valence-corrected chi connectivity index (χ4v) is 4.14. The third-order valence-corrected chi connectivity index (χ3v) is 5.65. The van der Waals surface area contributed by atoms with Gasteiger partial charge in [-0.2, -0.15) is 0 Å². The second-order valence-electron chi connectivity index (χ2n) is 6.42. The van der Waals surface area contributed by atoms with Gasteiger partial charge in [-0.15, -0.1) is 11.3 Å². The molecule has 2 saturated heterocycles. The minimum atomic E-state index is -0.149. The van der Waals surface area contributed by atoms with Crippen LogP contribution in [-0.2, 0) is 9.53 Å². The molecule has 5 nitrogen and oxygen atoms in total. The van der Waals surface area contributed by atoms with Crippen LogP contribution in [0.2, 0.25) is 0 Å². The van der Waals surface area contributed by atoms with E-state index in [0.717, 1.165) is 30.6 Å². The quantitative estimate of drug-likeness (QED) is 0.921. The third kappa shape index (κ3) is 2.65. The molecule has 22 heavy (non-hydrogen) atoms. The Balaban J connectivity index is 1.52. The summed E-state index contributed by atoms with van der Waals surface area (Å²) in [6.45, 7) is 1.19. The number of thiophene rings is 1. The van der Waals surface area contributed by atoms with Crippen molar-refractivity contribution in [2.75, 3.05) is 13.2 Å². The summed E-state index contributed by atoms with van der Waals surface area (Å²) in [7, 11) is 0. The number of amides is 2. The predicted octanol–water partition coefficient (Wildman–Crippen LogP) is 1.65. The van der Waals surface area contributed by atoms with E-state index >= 15 is 0 Å². The number of carbonyl (C=O) groups is 2. The molecule has 4 rings (SSSR count). The first-order chi connectivity index (χ1) is 10.7. The van der Waals surface area contributed by atoms with Crippen molar-refractivity contribution in [3.05, 3.63) is 22.4 Å². The molecule has 1 aromatic heterocycles. The first-order valence-electron chi connectivity index (χ1n) is 7.99. The maximum atomic E-state index is 12.8. The summed E-state index contributed by atoms with van der Waals surface area (Å²) in [5.41, 5.74) is 0. The Labute approximate surface area is 133 Å². The lowest BCUT2D eigenvalue weighted by molar-refractivity contribution is -0.128. The van der Waals surface area contributed by atoms with E-state index in [2.05, 4.69) is 5.32 Å². The van der Waals surface area contributed by atoms with E-state index in [1.165, 1.54) is 11.3 Å². The van der Waals surface area contributed by atoms with Crippen LogP contribution in [0.4, 0.5) is 0 Å². The number of nitrogens with one attached hydrogen (secondary N) is 1. The molecule has 3 fully saturated rings. The first-order valence-corrected chi connectivity index (χ1v) is 8.87. The fourth-order valence-electron chi connectivity index (χ4n) is 3.46. The van der Waals surface area contributed by atoms with Crippen molar-refractivity contribution in [1.82, 2.24) is 10.2 Å². The number of likely N-dealkylation sites (tertiary alicyclic amines) is 1. The smallest absolute Gasteiger partial charge is 0.264 e. The monoisotopic (exact) mass is 320 g/mol. The highest BCUT2D eigenvalue weighted by atomic mass is 32.1. The number of hydrogen-bond donors (Lipinski definition) is 1. The molecule has 1 saturated carbocycles. The Morgan fingerprint density at radius 3 is 2.91 bits per heavy atom. The Hall–Kier alpha value is -1.40. The molecule has 0 bridgehead atoms. The normalized spacial score (nSPS) is 30.9. The van der Waals surface area contributed by atoms with Crippen molar-refractivity contribution in [1.29, 1.82) is 0 Å². The summed E-state index contributed by atoms with van der Waals surface area (Å²) in [6.07, 6.45) is 3.78. The van der Waals surface area contributed by atoms with E-state index in [1.807, 2.05) is 22.4 Å². The van der Waals surface area contributed by atoms with Gasteiger partial charge in [0.05, 0.1) is 22.9 Å². The van der Waals surface area contributed by atoms with Crippen LogP contribution in [0.5, 0.6) is 0 Å². The van der Waals surface area contributed by atoms with Crippen LogP contribution in [0.3, 0.4) is 0 Å². The predicted molar refractivity (Wildman–Crippen MR) is 82.8 cm³/mol. The number of carbonyl (C=O) groups excluding carboxylic acids is 2. The third-order valence-electron chi connectivity index (χ3n) is 4.80. The molecule has 0 radical (unpaired) electrons. The SMILES string of the molecule is O=C(NC1CC1)[C@H]1C[C@H]2OCC[C@H]2N(C(=O)c2cccs2)C1. The number of rotatable bonds is 3. The molecule has 0 spiro atoms. The van der Waals surface area contributed by atoms with Crippen LogP contribution >= 0.6 is 11.3 Å². The topological polar surface area (TPSA) is 58.6 Å². The molecule has 118 valence electrons. The van der Waals surface area contributed by atoms with E-state index < -0.39 is 0 Å². The Kier molecular flexibility index (Phi) is 3.66. The maximum absolute atomic E-state index is 12.8. The van der Waals surface area contributed by atoms with Gasteiger partial charge in [-0.05, 0) is 37.1 Å². The molecule has 1 aliphatic carbocycles. The lowest BCUT2D eigenvalue weighted by Crippen LogP contribution is -2.55. The van der Waals surface area contributed by atoms with Crippen LogP contribution in [-0.4, -0.2) is 48.1 Å². The summed E-state index contributed by atoms with van der Waals surface area (Å²) in [5.74, 6) is -0.0243. The van der Waals surface area contributed by atoms with Crippen LogP contribution in [0, 0.1) is 5.92 Å². The number of fused-ring (bicyclic) bond motifs is 1. The van der Waals surface area contributed by atoms with Crippen LogP contribution in [0.15, 0.2) is 17.5 Å². The highest BCUT2D eigenvalue weighted by Gasteiger charge is 2.45. The van der Waals surface area contributed by atoms with Crippen molar-refractivity contribution in [3.8, 4) is 0 Å². The van der Waals surface area contributed by atoms with Crippen LogP contribution < -0.4 is 5.32 Å². The van der Waals surface area contributed by atoms with Gasteiger partial charge >= 0.3 is 0 Å². The second kappa shape index (κ2) is 5.66. The minimum Gasteiger partial charge on any atom is -0.376 e. The second-order valence-corrected chi connectivity index (χ2v) is 7.36. The standard InChI is InChI=1S/C16H20N2O3S/c19-15(17-11-3-4-11)10-8-13-12(5-6-21-13)18(9-10)16(20)14-2-1-7-22-14/h1-2,7,10-13H,3-6,8-9H2,(H,17,19)/t10-,12+,13+/m0/s1. The van der Waals surface area contributed by atoms with Gasteiger partial charge < -0.3 is 15.0 Å². The highest BCUT2D eigenvalue weighted by molar-refractivity contribution is 7.12. The summed E-state index contributed by atoms with van der Waals surface area (Å²) in [6, 6.07) is 4.23. The molecule has 6 heteroatoms. The van der Waals surface area contributed by atoms with Crippen LogP contribution in [0.25, 0.3) is 0 Å². The zero-order valence-electron chi connectivity index (χ0n) is 12.4. The Morgan fingerprint density at radius 2 is 2.18 bits per heavy atom. The fraction of sp³-hybridized carbons (Fsp3) is 0.625. The summed E-state index contributed by atoms with van der Waals surface area (Å²) in [5, 5.41) is 4.98. The molecule has 0 aromatic carbocycles.